The molecule has 0 aliphatic carbocycles. The molecule has 0 fully saturated rings. The number of rotatable bonds is 3. The van der Waals surface area contributed by atoms with Gasteiger partial charge in [-0.2, -0.15) is 0 Å². The van der Waals surface area contributed by atoms with E-state index in [9.17, 15) is 9.18 Å². The molecule has 4 aromatic rings. The van der Waals surface area contributed by atoms with Crippen molar-refractivity contribution in [3.05, 3.63) is 77.1 Å². The van der Waals surface area contributed by atoms with Crippen LogP contribution in [-0.4, -0.2) is 17.6 Å². The predicted octanol–water partition coefficient (Wildman–Crippen LogP) is 6.02. The summed E-state index contributed by atoms with van der Waals surface area (Å²) < 4.78 is 19.9. The second-order valence-electron chi connectivity index (χ2n) is 6.05. The Morgan fingerprint density at radius 1 is 1.07 bits per heavy atom. The van der Waals surface area contributed by atoms with E-state index >= 15 is 0 Å². The van der Waals surface area contributed by atoms with Crippen molar-refractivity contribution in [1.29, 1.82) is 0 Å². The van der Waals surface area contributed by atoms with Crippen LogP contribution >= 0.6 is 11.6 Å². The minimum atomic E-state index is -0.505. The number of ether oxygens (including phenoxy) is 1. The standard InChI is InChI=1S/C22H15ClFNO2/c1-2-27-22(26)16-11-12-17(24)21-20(16)19(13-7-9-14(23)10-8-13)15-5-3-4-6-18(15)25-21/h3-12H,2H2,1H3. The third-order valence-corrected chi connectivity index (χ3v) is 4.66. The molecule has 134 valence electrons. The summed E-state index contributed by atoms with van der Waals surface area (Å²) in [4.78, 5) is 17.0. The lowest BCUT2D eigenvalue weighted by Gasteiger charge is -2.15. The number of carbonyl (C=O) groups is 1. The third-order valence-electron chi connectivity index (χ3n) is 4.41. The van der Waals surface area contributed by atoms with Crippen molar-refractivity contribution >= 4 is 39.4 Å². The third kappa shape index (κ3) is 3.02. The molecule has 3 aromatic carbocycles. The van der Waals surface area contributed by atoms with Gasteiger partial charge in [-0.15, -0.1) is 0 Å². The summed E-state index contributed by atoms with van der Waals surface area (Å²) in [5.74, 6) is -0.992. The molecule has 0 saturated heterocycles. The zero-order chi connectivity index (χ0) is 19.0. The minimum Gasteiger partial charge on any atom is -0.462 e. The van der Waals surface area contributed by atoms with Gasteiger partial charge in [0.2, 0.25) is 0 Å². The van der Waals surface area contributed by atoms with E-state index in [-0.39, 0.29) is 17.7 Å². The van der Waals surface area contributed by atoms with Crippen LogP contribution in [0, 0.1) is 5.82 Å². The first-order chi connectivity index (χ1) is 13.1. The quantitative estimate of drug-likeness (QED) is 0.322. The molecule has 0 bridgehead atoms. The molecule has 0 atom stereocenters. The highest BCUT2D eigenvalue weighted by Crippen LogP contribution is 2.38. The van der Waals surface area contributed by atoms with E-state index in [0.29, 0.717) is 15.9 Å². The molecule has 3 nitrogen and oxygen atoms in total. The highest BCUT2D eigenvalue weighted by molar-refractivity contribution is 6.30. The Balaban J connectivity index is 2.20. The summed E-state index contributed by atoms with van der Waals surface area (Å²) in [5, 5.41) is 1.86. The van der Waals surface area contributed by atoms with Gasteiger partial charge < -0.3 is 4.74 Å². The van der Waals surface area contributed by atoms with Crippen molar-refractivity contribution in [3.8, 4) is 11.1 Å². The van der Waals surface area contributed by atoms with Crippen LogP contribution in [0.3, 0.4) is 0 Å². The number of hydrogen-bond donors (Lipinski definition) is 0. The molecule has 0 spiro atoms. The van der Waals surface area contributed by atoms with Crippen LogP contribution in [-0.2, 0) is 4.74 Å². The minimum absolute atomic E-state index is 0.143. The normalized spacial score (nSPS) is 11.1. The topological polar surface area (TPSA) is 39.2 Å². The van der Waals surface area contributed by atoms with Crippen LogP contribution in [0.15, 0.2) is 60.7 Å². The van der Waals surface area contributed by atoms with Crippen molar-refractivity contribution in [1.82, 2.24) is 4.98 Å². The number of halogens is 2. The van der Waals surface area contributed by atoms with Crippen molar-refractivity contribution < 1.29 is 13.9 Å². The highest BCUT2D eigenvalue weighted by atomic mass is 35.5. The van der Waals surface area contributed by atoms with Crippen LogP contribution < -0.4 is 0 Å². The lowest BCUT2D eigenvalue weighted by molar-refractivity contribution is 0.0528. The SMILES string of the molecule is CCOC(=O)c1ccc(F)c2nc3ccccc3c(-c3ccc(Cl)cc3)c12. The van der Waals surface area contributed by atoms with Gasteiger partial charge in [-0.05, 0) is 42.8 Å². The van der Waals surface area contributed by atoms with E-state index in [1.807, 2.05) is 36.4 Å². The summed E-state index contributed by atoms with van der Waals surface area (Å²) in [6.45, 7) is 1.96. The van der Waals surface area contributed by atoms with Crippen molar-refractivity contribution in [3.63, 3.8) is 0 Å². The number of benzene rings is 3. The predicted molar refractivity (Wildman–Crippen MR) is 106 cm³/mol. The van der Waals surface area contributed by atoms with Crippen LogP contribution in [0.5, 0.6) is 0 Å². The maximum absolute atomic E-state index is 14.7. The molecule has 5 heteroatoms. The van der Waals surface area contributed by atoms with E-state index in [0.717, 1.165) is 16.5 Å². The number of para-hydroxylation sites is 1. The number of nitrogens with zero attached hydrogens (tertiary/aromatic N) is 1. The highest BCUT2D eigenvalue weighted by Gasteiger charge is 2.21. The van der Waals surface area contributed by atoms with Crippen LogP contribution in [0.25, 0.3) is 32.9 Å². The second-order valence-corrected chi connectivity index (χ2v) is 6.49. The zero-order valence-corrected chi connectivity index (χ0v) is 15.3. The summed E-state index contributed by atoms with van der Waals surface area (Å²) in [6, 6.07) is 17.4. The lowest BCUT2D eigenvalue weighted by atomic mass is 9.93. The Hall–Kier alpha value is -2.98. The number of fused-ring (bicyclic) bond motifs is 2. The Labute approximate surface area is 160 Å². The molecule has 1 heterocycles. The summed E-state index contributed by atoms with van der Waals surface area (Å²) in [6.07, 6.45) is 0. The first kappa shape index (κ1) is 17.4. The van der Waals surface area contributed by atoms with Gasteiger partial charge in [0.25, 0.3) is 0 Å². The van der Waals surface area contributed by atoms with Gasteiger partial charge >= 0.3 is 5.97 Å². The van der Waals surface area contributed by atoms with Crippen LogP contribution in [0.2, 0.25) is 5.02 Å². The number of aromatic nitrogens is 1. The largest absolute Gasteiger partial charge is 0.462 e. The first-order valence-electron chi connectivity index (χ1n) is 8.54. The van der Waals surface area contributed by atoms with Crippen molar-refractivity contribution in [2.24, 2.45) is 0 Å². The number of hydrogen-bond acceptors (Lipinski definition) is 3. The monoisotopic (exact) mass is 379 g/mol. The molecule has 0 saturated carbocycles. The molecule has 0 unspecified atom stereocenters. The fraction of sp³-hybridized carbons (Fsp3) is 0.0909. The van der Waals surface area contributed by atoms with E-state index in [2.05, 4.69) is 4.98 Å². The molecule has 0 amide bonds. The van der Waals surface area contributed by atoms with Crippen molar-refractivity contribution in [2.45, 2.75) is 6.92 Å². The number of pyridine rings is 1. The van der Waals surface area contributed by atoms with Crippen LogP contribution in [0.1, 0.15) is 17.3 Å². The van der Waals surface area contributed by atoms with Gasteiger partial charge in [0.1, 0.15) is 11.3 Å². The van der Waals surface area contributed by atoms with E-state index in [1.54, 1.807) is 19.1 Å². The zero-order valence-electron chi connectivity index (χ0n) is 14.5. The van der Waals surface area contributed by atoms with Gasteiger partial charge in [0.15, 0.2) is 0 Å². The molecule has 0 aliphatic heterocycles. The Kier molecular flexibility index (Phi) is 4.50. The second kappa shape index (κ2) is 6.97. The molecule has 0 radical (unpaired) electrons. The molecule has 0 N–H and O–H groups in total. The van der Waals surface area contributed by atoms with E-state index < -0.39 is 11.8 Å². The van der Waals surface area contributed by atoms with Crippen LogP contribution in [0.4, 0.5) is 4.39 Å². The van der Waals surface area contributed by atoms with Gasteiger partial charge in [0, 0.05) is 21.4 Å². The molecular formula is C22H15ClFNO2. The van der Waals surface area contributed by atoms with Gasteiger partial charge in [-0.25, -0.2) is 14.2 Å². The smallest absolute Gasteiger partial charge is 0.338 e. The fourth-order valence-corrected chi connectivity index (χ4v) is 3.39. The summed E-state index contributed by atoms with van der Waals surface area (Å²) in [5.41, 5.74) is 2.63. The molecule has 0 aliphatic rings. The first-order valence-corrected chi connectivity index (χ1v) is 8.92. The average molecular weight is 380 g/mol. The van der Waals surface area contributed by atoms with Gasteiger partial charge in [0.05, 0.1) is 17.7 Å². The number of carbonyl (C=O) groups excluding carboxylic acids is 1. The average Bonchev–Trinajstić information content (AvgIpc) is 2.68. The molecular weight excluding hydrogens is 365 g/mol. The van der Waals surface area contributed by atoms with E-state index in [4.69, 9.17) is 16.3 Å². The fourth-order valence-electron chi connectivity index (χ4n) is 3.26. The maximum Gasteiger partial charge on any atom is 0.338 e. The van der Waals surface area contributed by atoms with Gasteiger partial charge in [-0.1, -0.05) is 41.9 Å². The van der Waals surface area contributed by atoms with Gasteiger partial charge in [-0.3, -0.25) is 0 Å². The molecule has 1 aromatic heterocycles. The van der Waals surface area contributed by atoms with Crippen molar-refractivity contribution in [2.75, 3.05) is 6.61 Å². The Morgan fingerprint density at radius 2 is 1.81 bits per heavy atom. The Bertz CT molecular complexity index is 1170. The maximum atomic E-state index is 14.7. The summed E-state index contributed by atoms with van der Waals surface area (Å²) >= 11 is 6.04. The summed E-state index contributed by atoms with van der Waals surface area (Å²) in [7, 11) is 0. The Morgan fingerprint density at radius 3 is 2.56 bits per heavy atom. The molecule has 27 heavy (non-hydrogen) atoms. The van der Waals surface area contributed by atoms with E-state index in [1.165, 1.54) is 12.1 Å². The lowest BCUT2D eigenvalue weighted by Crippen LogP contribution is -2.07. The molecule has 4 rings (SSSR count). The number of esters is 1.